The minimum absolute atomic E-state index is 0.0224. The Morgan fingerprint density at radius 2 is 1.89 bits per heavy atom. The summed E-state index contributed by atoms with van der Waals surface area (Å²) >= 11 is 0. The summed E-state index contributed by atoms with van der Waals surface area (Å²) in [6.45, 7) is 8.50. The third kappa shape index (κ3) is 3.91. The zero-order valence-corrected chi connectivity index (χ0v) is 13.6. The van der Waals surface area contributed by atoms with Gasteiger partial charge in [0.05, 0.1) is 0 Å². The Morgan fingerprint density at radius 3 is 2.37 bits per heavy atom. The number of hydrogen-bond donors (Lipinski definition) is 1. The molecule has 2 unspecified atom stereocenters. The zero-order valence-electron chi connectivity index (χ0n) is 12.6. The highest BCUT2D eigenvalue weighted by molar-refractivity contribution is 6.91. The van der Waals surface area contributed by atoms with Crippen LogP contribution in [-0.2, 0) is 9.53 Å². The molecule has 0 aliphatic heterocycles. The highest BCUT2D eigenvalue weighted by Gasteiger charge is 2.34. The van der Waals surface area contributed by atoms with Crippen molar-refractivity contribution in [3.8, 4) is 0 Å². The van der Waals surface area contributed by atoms with Gasteiger partial charge in [-0.15, -0.1) is 0 Å². The Labute approximate surface area is 117 Å². The number of hydrogen-bond acceptors (Lipinski definition) is 2. The molecular weight excluding hydrogens is 254 g/mol. The van der Waals surface area contributed by atoms with Gasteiger partial charge in [-0.1, -0.05) is 55.5 Å². The van der Waals surface area contributed by atoms with Gasteiger partial charge in [-0.25, -0.2) is 0 Å². The molecule has 1 aromatic rings. The number of ether oxygens (including phenoxy) is 1. The second kappa shape index (κ2) is 6.87. The summed E-state index contributed by atoms with van der Waals surface area (Å²) in [6.07, 6.45) is 0.547. The summed E-state index contributed by atoms with van der Waals surface area (Å²) in [5.74, 6) is -0.0224. The van der Waals surface area contributed by atoms with Crippen molar-refractivity contribution in [3.63, 3.8) is 0 Å². The van der Waals surface area contributed by atoms with Crippen LogP contribution in [0.4, 0.5) is 0 Å². The van der Waals surface area contributed by atoms with Gasteiger partial charge in [0, 0.05) is 12.8 Å². The first-order valence-electron chi connectivity index (χ1n) is 6.82. The van der Waals surface area contributed by atoms with Gasteiger partial charge in [-0.2, -0.15) is 0 Å². The van der Waals surface area contributed by atoms with E-state index in [1.54, 1.807) is 14.0 Å². The average molecular weight is 279 g/mol. The molecule has 0 heterocycles. The minimum atomic E-state index is -1.72. The van der Waals surface area contributed by atoms with Crippen LogP contribution in [0.2, 0.25) is 13.1 Å². The topological polar surface area (TPSA) is 38.3 Å². The van der Waals surface area contributed by atoms with Crippen molar-refractivity contribution in [1.82, 2.24) is 5.32 Å². The Balaban J connectivity index is 2.87. The Kier molecular flexibility index (Phi) is 5.75. The molecule has 1 N–H and O–H groups in total. The van der Waals surface area contributed by atoms with E-state index in [-0.39, 0.29) is 11.6 Å². The van der Waals surface area contributed by atoms with E-state index in [1.807, 2.05) is 6.07 Å². The van der Waals surface area contributed by atoms with Gasteiger partial charge in [0.2, 0.25) is 5.91 Å². The SMILES string of the molecule is CCC(NC(=O)C(C)OC)[Si](C)(C)c1ccccc1. The molecule has 0 spiro atoms. The van der Waals surface area contributed by atoms with Crippen molar-refractivity contribution < 1.29 is 9.53 Å². The second-order valence-electron chi connectivity index (χ2n) is 5.44. The van der Waals surface area contributed by atoms with E-state index in [9.17, 15) is 4.79 Å². The van der Waals surface area contributed by atoms with E-state index < -0.39 is 14.2 Å². The van der Waals surface area contributed by atoms with Crippen LogP contribution in [0.15, 0.2) is 30.3 Å². The molecule has 0 aliphatic carbocycles. The number of amides is 1. The molecule has 0 bridgehead atoms. The first-order valence-corrected chi connectivity index (χ1v) is 9.89. The summed E-state index contributed by atoms with van der Waals surface area (Å²) in [4.78, 5) is 12.0. The molecule has 19 heavy (non-hydrogen) atoms. The van der Waals surface area contributed by atoms with Crippen molar-refractivity contribution in [2.45, 2.75) is 45.1 Å². The second-order valence-corrected chi connectivity index (χ2v) is 10.2. The number of benzene rings is 1. The molecule has 3 nitrogen and oxygen atoms in total. The van der Waals surface area contributed by atoms with Crippen molar-refractivity contribution >= 4 is 19.2 Å². The van der Waals surface area contributed by atoms with Gasteiger partial charge in [0.1, 0.15) is 14.2 Å². The lowest BCUT2D eigenvalue weighted by Crippen LogP contribution is -2.60. The third-order valence-electron chi connectivity index (χ3n) is 3.84. The number of carbonyl (C=O) groups is 1. The van der Waals surface area contributed by atoms with Crippen LogP contribution in [0.3, 0.4) is 0 Å². The Hall–Kier alpha value is -1.13. The quantitative estimate of drug-likeness (QED) is 0.810. The first-order chi connectivity index (χ1) is 8.93. The fraction of sp³-hybridized carbons (Fsp3) is 0.533. The van der Waals surface area contributed by atoms with Gasteiger partial charge in [-0.3, -0.25) is 4.79 Å². The molecule has 1 rings (SSSR count). The molecule has 1 aromatic carbocycles. The predicted molar refractivity (Wildman–Crippen MR) is 82.3 cm³/mol. The maximum atomic E-state index is 12.0. The van der Waals surface area contributed by atoms with E-state index >= 15 is 0 Å². The van der Waals surface area contributed by atoms with Crippen LogP contribution in [0.25, 0.3) is 0 Å². The van der Waals surface area contributed by atoms with Gasteiger partial charge in [-0.05, 0) is 13.3 Å². The molecule has 1 amide bonds. The summed E-state index contributed by atoms with van der Waals surface area (Å²) in [5, 5.41) is 4.52. The molecule has 0 fully saturated rings. The van der Waals surface area contributed by atoms with Crippen LogP contribution >= 0.6 is 0 Å². The number of nitrogens with one attached hydrogen (secondary N) is 1. The molecule has 0 aromatic heterocycles. The molecule has 4 heteroatoms. The van der Waals surface area contributed by atoms with Crippen LogP contribution in [0.1, 0.15) is 20.3 Å². The third-order valence-corrected chi connectivity index (χ3v) is 7.95. The highest BCUT2D eigenvalue weighted by Crippen LogP contribution is 2.12. The van der Waals surface area contributed by atoms with E-state index in [4.69, 9.17) is 4.74 Å². The van der Waals surface area contributed by atoms with Crippen molar-refractivity contribution in [2.75, 3.05) is 7.11 Å². The molecule has 106 valence electrons. The Morgan fingerprint density at radius 1 is 1.32 bits per heavy atom. The lowest BCUT2D eigenvalue weighted by atomic mass is 10.3. The van der Waals surface area contributed by atoms with Crippen LogP contribution in [0, 0.1) is 0 Å². The zero-order chi connectivity index (χ0) is 14.5. The van der Waals surface area contributed by atoms with Gasteiger partial charge < -0.3 is 10.1 Å². The normalized spacial score (nSPS) is 14.8. The smallest absolute Gasteiger partial charge is 0.248 e. The van der Waals surface area contributed by atoms with Gasteiger partial charge in [0.25, 0.3) is 0 Å². The van der Waals surface area contributed by atoms with Gasteiger partial charge in [0.15, 0.2) is 0 Å². The standard InChI is InChI=1S/C15H25NO2Si/c1-6-14(16-15(17)12(2)18-3)19(4,5)13-10-8-7-9-11-13/h7-12,14H,6H2,1-5H3,(H,16,17). The van der Waals surface area contributed by atoms with Crippen LogP contribution in [0.5, 0.6) is 0 Å². The fourth-order valence-electron chi connectivity index (χ4n) is 2.26. The molecule has 0 saturated carbocycles. The highest BCUT2D eigenvalue weighted by atomic mass is 28.3. The molecule has 0 saturated heterocycles. The molecule has 2 atom stereocenters. The predicted octanol–water partition coefficient (Wildman–Crippen LogP) is 2.07. The van der Waals surface area contributed by atoms with E-state index in [1.165, 1.54) is 5.19 Å². The lowest BCUT2D eigenvalue weighted by molar-refractivity contribution is -0.130. The molecular formula is C15H25NO2Si. The van der Waals surface area contributed by atoms with E-state index in [2.05, 4.69) is 49.6 Å². The van der Waals surface area contributed by atoms with Gasteiger partial charge >= 0.3 is 0 Å². The number of carbonyl (C=O) groups excluding carboxylic acids is 1. The Bertz CT molecular complexity index is 406. The van der Waals surface area contributed by atoms with Crippen molar-refractivity contribution in [2.24, 2.45) is 0 Å². The average Bonchev–Trinajstić information content (AvgIpc) is 2.44. The summed E-state index contributed by atoms with van der Waals surface area (Å²) in [6, 6.07) is 10.5. The van der Waals surface area contributed by atoms with Crippen molar-refractivity contribution in [3.05, 3.63) is 30.3 Å². The maximum absolute atomic E-state index is 12.0. The summed E-state index contributed by atoms with van der Waals surface area (Å²) < 4.78 is 5.08. The molecule has 0 aliphatic rings. The van der Waals surface area contributed by atoms with Crippen LogP contribution in [-0.4, -0.2) is 32.9 Å². The van der Waals surface area contributed by atoms with E-state index in [0.29, 0.717) is 0 Å². The number of methoxy groups -OCH3 is 1. The van der Waals surface area contributed by atoms with Crippen molar-refractivity contribution in [1.29, 1.82) is 0 Å². The first kappa shape index (κ1) is 15.9. The number of rotatable bonds is 6. The van der Waals surface area contributed by atoms with E-state index in [0.717, 1.165) is 6.42 Å². The maximum Gasteiger partial charge on any atom is 0.248 e. The fourth-order valence-corrected chi connectivity index (χ4v) is 5.24. The lowest BCUT2D eigenvalue weighted by Gasteiger charge is -2.33. The minimum Gasteiger partial charge on any atom is -0.372 e. The largest absolute Gasteiger partial charge is 0.372 e. The summed E-state index contributed by atoms with van der Waals surface area (Å²) in [7, 11) is -0.157. The summed E-state index contributed by atoms with van der Waals surface area (Å²) in [5.41, 5.74) is 0.222. The van der Waals surface area contributed by atoms with Crippen LogP contribution < -0.4 is 10.5 Å². The molecule has 0 radical (unpaired) electrons. The monoisotopic (exact) mass is 279 g/mol.